The molecule has 0 fully saturated rings. The number of halogens is 3. The van der Waals surface area contributed by atoms with Crippen molar-refractivity contribution in [1.29, 1.82) is 0 Å². The van der Waals surface area contributed by atoms with Gasteiger partial charge in [0.15, 0.2) is 0 Å². The van der Waals surface area contributed by atoms with Crippen molar-refractivity contribution in [2.45, 2.75) is 0 Å². The van der Waals surface area contributed by atoms with Gasteiger partial charge < -0.3 is 0 Å². The second kappa shape index (κ2) is 4.63. The molecule has 0 bridgehead atoms. The number of benzene rings is 1. The quantitative estimate of drug-likeness (QED) is 0.724. The maximum Gasteiger partial charge on any atom is 0.134 e. The molecule has 13 heavy (non-hydrogen) atoms. The first-order chi connectivity index (χ1) is 6.15. The Balaban J connectivity index is 3.13. The first-order valence-electron chi connectivity index (χ1n) is 3.57. The van der Waals surface area contributed by atoms with Gasteiger partial charge in [0.25, 0.3) is 0 Å². The van der Waals surface area contributed by atoms with Crippen LogP contribution in [0.1, 0.15) is 5.56 Å². The van der Waals surface area contributed by atoms with Gasteiger partial charge in [-0.15, -0.1) is 0 Å². The van der Waals surface area contributed by atoms with Crippen molar-refractivity contribution in [3.05, 3.63) is 40.4 Å². The maximum atomic E-state index is 13.0. The predicted octanol–water partition coefficient (Wildman–Crippen LogP) is 3.56. The largest absolute Gasteiger partial charge is 0.206 e. The van der Waals surface area contributed by atoms with Gasteiger partial charge in [-0.1, -0.05) is 23.8 Å². The molecule has 0 N–H and O–H groups in total. The second-order valence-electron chi connectivity index (χ2n) is 2.37. The average Bonchev–Trinajstić information content (AvgIpc) is 2.02. The summed E-state index contributed by atoms with van der Waals surface area (Å²) < 4.78 is 26.1. The molecule has 0 aromatic heterocycles. The van der Waals surface area contributed by atoms with Crippen molar-refractivity contribution in [3.63, 3.8) is 0 Å². The Morgan fingerprint density at radius 1 is 1.31 bits per heavy atom. The zero-order valence-corrected chi connectivity index (χ0v) is 8.25. The van der Waals surface area contributed by atoms with Gasteiger partial charge in [-0.3, -0.25) is 0 Å². The van der Waals surface area contributed by atoms with Crippen molar-refractivity contribution in [3.8, 4) is 0 Å². The fourth-order valence-electron chi connectivity index (χ4n) is 0.883. The summed E-state index contributed by atoms with van der Waals surface area (Å²) in [5.41, 5.74) is -0.0848. The van der Waals surface area contributed by atoms with Crippen LogP contribution < -0.4 is 0 Å². The molecular formula is C9H7ClF2S. The van der Waals surface area contributed by atoms with E-state index >= 15 is 0 Å². The fourth-order valence-corrected chi connectivity index (χ4v) is 1.18. The Bertz CT molecular complexity index is 313. The number of hydrogen-bond acceptors (Lipinski definition) is 1. The van der Waals surface area contributed by atoms with E-state index in [1.807, 2.05) is 0 Å². The van der Waals surface area contributed by atoms with E-state index in [4.69, 9.17) is 11.6 Å². The molecule has 0 atom stereocenters. The monoisotopic (exact) mass is 220 g/mol. The lowest BCUT2D eigenvalue weighted by Crippen LogP contribution is -1.88. The number of thiol groups is 1. The molecule has 0 nitrogen and oxygen atoms in total. The molecular weight excluding hydrogens is 214 g/mol. The van der Waals surface area contributed by atoms with Crippen molar-refractivity contribution < 1.29 is 8.78 Å². The summed E-state index contributed by atoms with van der Waals surface area (Å²) >= 11 is 9.32. The normalized spacial score (nSPS) is 11.1. The van der Waals surface area contributed by atoms with Crippen molar-refractivity contribution >= 4 is 30.3 Å². The molecule has 0 spiro atoms. The fraction of sp³-hybridized carbons (Fsp3) is 0.111. The molecule has 1 rings (SSSR count). The Hall–Kier alpha value is -0.540. The second-order valence-corrected chi connectivity index (χ2v) is 3.17. The van der Waals surface area contributed by atoms with Gasteiger partial charge >= 0.3 is 0 Å². The van der Waals surface area contributed by atoms with Crippen LogP contribution in [0.5, 0.6) is 0 Å². The first-order valence-corrected chi connectivity index (χ1v) is 4.58. The van der Waals surface area contributed by atoms with E-state index in [9.17, 15) is 8.78 Å². The summed E-state index contributed by atoms with van der Waals surface area (Å²) in [6.45, 7) is 0. The van der Waals surface area contributed by atoms with Crippen molar-refractivity contribution in [1.82, 2.24) is 0 Å². The standard InChI is InChI=1S/C9H7ClF2S/c10-6-4-8(11)7(2-1-3-13)9(12)5-6/h1-2,4-5,13H,3H2. The lowest BCUT2D eigenvalue weighted by atomic mass is 10.2. The Morgan fingerprint density at radius 2 is 1.85 bits per heavy atom. The molecule has 0 unspecified atom stereocenters. The van der Waals surface area contributed by atoms with Gasteiger partial charge in [0.05, 0.1) is 0 Å². The van der Waals surface area contributed by atoms with Gasteiger partial charge in [0.1, 0.15) is 11.6 Å². The van der Waals surface area contributed by atoms with E-state index in [0.717, 1.165) is 12.1 Å². The zero-order valence-electron chi connectivity index (χ0n) is 6.60. The summed E-state index contributed by atoms with van der Waals surface area (Å²) in [7, 11) is 0. The third-order valence-corrected chi connectivity index (χ3v) is 1.86. The van der Waals surface area contributed by atoms with E-state index in [1.165, 1.54) is 6.08 Å². The highest BCUT2D eigenvalue weighted by molar-refractivity contribution is 7.80. The van der Waals surface area contributed by atoms with Crippen molar-refractivity contribution in [2.75, 3.05) is 5.75 Å². The summed E-state index contributed by atoms with van der Waals surface area (Å²) in [6.07, 6.45) is 2.90. The van der Waals surface area contributed by atoms with E-state index in [0.29, 0.717) is 5.75 Å². The van der Waals surface area contributed by atoms with Crippen LogP contribution in [0.3, 0.4) is 0 Å². The third kappa shape index (κ3) is 2.71. The van der Waals surface area contributed by atoms with E-state index in [2.05, 4.69) is 12.6 Å². The molecule has 0 radical (unpaired) electrons. The lowest BCUT2D eigenvalue weighted by Gasteiger charge is -1.99. The molecule has 0 aliphatic carbocycles. The van der Waals surface area contributed by atoms with Crippen LogP contribution in [0.4, 0.5) is 8.78 Å². The zero-order chi connectivity index (χ0) is 9.84. The van der Waals surface area contributed by atoms with Crippen LogP contribution in [-0.2, 0) is 0 Å². The summed E-state index contributed by atoms with van der Waals surface area (Å²) in [6, 6.07) is 2.14. The molecule has 0 saturated carbocycles. The average molecular weight is 221 g/mol. The van der Waals surface area contributed by atoms with Crippen molar-refractivity contribution in [2.24, 2.45) is 0 Å². The third-order valence-electron chi connectivity index (χ3n) is 1.43. The van der Waals surface area contributed by atoms with Gasteiger partial charge in [-0.25, -0.2) is 8.78 Å². The molecule has 70 valence electrons. The molecule has 0 amide bonds. The molecule has 0 saturated heterocycles. The molecule has 1 aromatic rings. The molecule has 4 heteroatoms. The summed E-state index contributed by atoms with van der Waals surface area (Å²) in [4.78, 5) is 0. The Morgan fingerprint density at radius 3 is 2.31 bits per heavy atom. The Labute approximate surface area is 85.6 Å². The molecule has 0 aliphatic heterocycles. The van der Waals surface area contributed by atoms with Crippen LogP contribution in [0.25, 0.3) is 6.08 Å². The van der Waals surface area contributed by atoms with E-state index in [-0.39, 0.29) is 10.6 Å². The highest BCUT2D eigenvalue weighted by Gasteiger charge is 2.06. The molecule has 1 aromatic carbocycles. The summed E-state index contributed by atoms with van der Waals surface area (Å²) in [5, 5.41) is 0.0537. The minimum atomic E-state index is -0.664. The van der Waals surface area contributed by atoms with Gasteiger partial charge in [0, 0.05) is 16.3 Å². The van der Waals surface area contributed by atoms with Gasteiger partial charge in [-0.2, -0.15) is 12.6 Å². The predicted molar refractivity (Wildman–Crippen MR) is 54.3 cm³/mol. The smallest absolute Gasteiger partial charge is 0.134 e. The maximum absolute atomic E-state index is 13.0. The number of rotatable bonds is 2. The van der Waals surface area contributed by atoms with Crippen LogP contribution in [0, 0.1) is 11.6 Å². The minimum absolute atomic E-state index is 0.0537. The highest BCUT2D eigenvalue weighted by atomic mass is 35.5. The topological polar surface area (TPSA) is 0 Å². The minimum Gasteiger partial charge on any atom is -0.206 e. The lowest BCUT2D eigenvalue weighted by molar-refractivity contribution is 0.579. The SMILES string of the molecule is Fc1cc(Cl)cc(F)c1C=CCS. The Kier molecular flexibility index (Phi) is 3.75. The number of hydrogen-bond donors (Lipinski definition) is 1. The summed E-state index contributed by atoms with van der Waals surface area (Å²) in [5.74, 6) is -0.896. The highest BCUT2D eigenvalue weighted by Crippen LogP contribution is 2.19. The first kappa shape index (κ1) is 10.5. The van der Waals surface area contributed by atoms with E-state index < -0.39 is 11.6 Å². The molecule has 0 aliphatic rings. The van der Waals surface area contributed by atoms with Crippen LogP contribution in [-0.4, -0.2) is 5.75 Å². The van der Waals surface area contributed by atoms with Gasteiger partial charge in [-0.05, 0) is 12.1 Å². The van der Waals surface area contributed by atoms with Crippen LogP contribution in [0.15, 0.2) is 18.2 Å². The van der Waals surface area contributed by atoms with E-state index in [1.54, 1.807) is 6.08 Å². The van der Waals surface area contributed by atoms with Crippen LogP contribution >= 0.6 is 24.2 Å². The van der Waals surface area contributed by atoms with Gasteiger partial charge in [0.2, 0.25) is 0 Å². The molecule has 0 heterocycles. The van der Waals surface area contributed by atoms with Crippen LogP contribution in [0.2, 0.25) is 5.02 Å².